The lowest BCUT2D eigenvalue weighted by Gasteiger charge is -2.08. The van der Waals surface area contributed by atoms with Crippen molar-refractivity contribution in [2.45, 2.75) is 6.54 Å². The first kappa shape index (κ1) is 12.0. The van der Waals surface area contributed by atoms with Gasteiger partial charge in [-0.15, -0.1) is 0 Å². The number of carbonyl (C=O) groups excluding carboxylic acids is 1. The quantitative estimate of drug-likeness (QED) is 0.676. The van der Waals surface area contributed by atoms with Crippen molar-refractivity contribution in [3.63, 3.8) is 0 Å². The van der Waals surface area contributed by atoms with Gasteiger partial charge in [-0.2, -0.15) is 0 Å². The third kappa shape index (κ3) is 3.24. The van der Waals surface area contributed by atoms with Crippen LogP contribution in [0.3, 0.4) is 0 Å². The fraction of sp³-hybridized carbons (Fsp3) is 0.167. The van der Waals surface area contributed by atoms with Crippen LogP contribution < -0.4 is 15.8 Å². The fourth-order valence-corrected chi connectivity index (χ4v) is 1.38. The van der Waals surface area contributed by atoms with Gasteiger partial charge >= 0.3 is 0 Å². The van der Waals surface area contributed by atoms with Gasteiger partial charge in [-0.3, -0.25) is 4.79 Å². The first-order chi connectivity index (χ1) is 8.75. The summed E-state index contributed by atoms with van der Waals surface area (Å²) in [5, 5.41) is 2.68. The molecule has 18 heavy (non-hydrogen) atoms. The van der Waals surface area contributed by atoms with Crippen LogP contribution in [0, 0.1) is 0 Å². The molecule has 1 amide bonds. The van der Waals surface area contributed by atoms with Crippen LogP contribution in [-0.4, -0.2) is 22.5 Å². The average molecular weight is 246 g/mol. The topological polar surface area (TPSA) is 93.0 Å². The standard InChI is InChI=1S/C12H14N4O2/c13-9-3-1-2-4-10(9)18-8-12(17)16-7-11-14-5-6-15-11/h1-6H,7-8,13H2,(H,14,15)(H,16,17). The summed E-state index contributed by atoms with van der Waals surface area (Å²) in [5.41, 5.74) is 6.20. The lowest BCUT2D eigenvalue weighted by molar-refractivity contribution is -0.123. The number of H-pyrrole nitrogens is 1. The summed E-state index contributed by atoms with van der Waals surface area (Å²) in [6, 6.07) is 7.04. The molecule has 2 rings (SSSR count). The number of nitrogens with zero attached hydrogens (tertiary/aromatic N) is 1. The average Bonchev–Trinajstić information content (AvgIpc) is 2.88. The molecule has 0 spiro atoms. The number of carbonyl (C=O) groups is 1. The number of hydrogen-bond donors (Lipinski definition) is 3. The molecule has 0 aliphatic carbocycles. The Balaban J connectivity index is 1.77. The molecule has 4 N–H and O–H groups in total. The van der Waals surface area contributed by atoms with Crippen molar-refractivity contribution in [1.82, 2.24) is 15.3 Å². The Hall–Kier alpha value is -2.50. The third-order valence-electron chi connectivity index (χ3n) is 2.29. The summed E-state index contributed by atoms with van der Waals surface area (Å²) in [6.45, 7) is 0.272. The maximum atomic E-state index is 11.5. The predicted molar refractivity (Wildman–Crippen MR) is 66.8 cm³/mol. The van der Waals surface area contributed by atoms with Crippen molar-refractivity contribution < 1.29 is 9.53 Å². The van der Waals surface area contributed by atoms with Gasteiger partial charge in [0.2, 0.25) is 0 Å². The van der Waals surface area contributed by atoms with Gasteiger partial charge in [-0.25, -0.2) is 4.98 Å². The van der Waals surface area contributed by atoms with E-state index in [0.29, 0.717) is 23.8 Å². The highest BCUT2D eigenvalue weighted by atomic mass is 16.5. The summed E-state index contributed by atoms with van der Waals surface area (Å²) in [5.74, 6) is 0.975. The zero-order chi connectivity index (χ0) is 12.8. The number of amides is 1. The Kier molecular flexibility index (Phi) is 3.80. The molecule has 94 valence electrons. The van der Waals surface area contributed by atoms with Gasteiger partial charge in [-0.05, 0) is 12.1 Å². The normalized spacial score (nSPS) is 10.0. The van der Waals surface area contributed by atoms with Gasteiger partial charge in [0.15, 0.2) is 6.61 Å². The van der Waals surface area contributed by atoms with Crippen LogP contribution in [0.15, 0.2) is 36.7 Å². The van der Waals surface area contributed by atoms with Crippen LogP contribution in [0.1, 0.15) is 5.82 Å². The number of aromatic nitrogens is 2. The summed E-state index contributed by atoms with van der Waals surface area (Å²) < 4.78 is 5.30. The van der Waals surface area contributed by atoms with Crippen molar-refractivity contribution in [2.75, 3.05) is 12.3 Å². The molecule has 1 aromatic carbocycles. The van der Waals surface area contributed by atoms with Crippen LogP contribution in [0.4, 0.5) is 5.69 Å². The number of nitrogen functional groups attached to an aromatic ring is 1. The number of imidazole rings is 1. The Bertz CT molecular complexity index is 511. The molecule has 6 heteroatoms. The summed E-state index contributed by atoms with van der Waals surface area (Å²) in [4.78, 5) is 18.4. The van der Waals surface area contributed by atoms with Crippen LogP contribution in [0.25, 0.3) is 0 Å². The maximum Gasteiger partial charge on any atom is 0.258 e. The van der Waals surface area contributed by atoms with E-state index in [2.05, 4.69) is 15.3 Å². The van der Waals surface area contributed by atoms with E-state index in [-0.39, 0.29) is 12.5 Å². The Morgan fingerprint density at radius 2 is 2.28 bits per heavy atom. The van der Waals surface area contributed by atoms with Crippen molar-refractivity contribution >= 4 is 11.6 Å². The maximum absolute atomic E-state index is 11.5. The van der Waals surface area contributed by atoms with Crippen LogP contribution in [-0.2, 0) is 11.3 Å². The highest BCUT2D eigenvalue weighted by Gasteiger charge is 2.05. The zero-order valence-electron chi connectivity index (χ0n) is 9.72. The van der Waals surface area contributed by atoms with Crippen molar-refractivity contribution in [3.8, 4) is 5.75 Å². The smallest absolute Gasteiger partial charge is 0.258 e. The first-order valence-corrected chi connectivity index (χ1v) is 5.48. The van der Waals surface area contributed by atoms with Gasteiger partial charge in [0.25, 0.3) is 5.91 Å². The summed E-state index contributed by atoms with van der Waals surface area (Å²) in [7, 11) is 0. The Labute approximate surface area is 104 Å². The molecule has 0 saturated carbocycles. The second-order valence-corrected chi connectivity index (χ2v) is 3.64. The number of ether oxygens (including phenoxy) is 1. The fourth-order valence-electron chi connectivity index (χ4n) is 1.38. The minimum Gasteiger partial charge on any atom is -0.482 e. The van der Waals surface area contributed by atoms with Crippen LogP contribution in [0.5, 0.6) is 5.75 Å². The minimum absolute atomic E-state index is 0.0745. The molecular formula is C12H14N4O2. The van der Waals surface area contributed by atoms with Gasteiger partial charge in [0, 0.05) is 12.4 Å². The highest BCUT2D eigenvalue weighted by molar-refractivity contribution is 5.77. The number of nitrogens with one attached hydrogen (secondary N) is 2. The highest BCUT2D eigenvalue weighted by Crippen LogP contribution is 2.19. The van der Waals surface area contributed by atoms with Gasteiger partial charge in [-0.1, -0.05) is 12.1 Å². The number of aromatic amines is 1. The third-order valence-corrected chi connectivity index (χ3v) is 2.29. The molecule has 0 unspecified atom stereocenters. The number of nitrogens with two attached hydrogens (primary N) is 1. The lowest BCUT2D eigenvalue weighted by atomic mass is 10.3. The zero-order valence-corrected chi connectivity index (χ0v) is 9.72. The van der Waals surface area contributed by atoms with E-state index in [4.69, 9.17) is 10.5 Å². The Morgan fingerprint density at radius 1 is 1.44 bits per heavy atom. The second-order valence-electron chi connectivity index (χ2n) is 3.64. The molecule has 1 heterocycles. The van der Waals surface area contributed by atoms with Crippen molar-refractivity contribution in [2.24, 2.45) is 0 Å². The van der Waals surface area contributed by atoms with E-state index in [9.17, 15) is 4.79 Å². The minimum atomic E-state index is -0.227. The monoisotopic (exact) mass is 246 g/mol. The molecule has 0 fully saturated rings. The molecule has 1 aromatic heterocycles. The van der Waals surface area contributed by atoms with Crippen molar-refractivity contribution in [1.29, 1.82) is 0 Å². The molecular weight excluding hydrogens is 232 g/mol. The molecule has 6 nitrogen and oxygen atoms in total. The predicted octanol–water partition coefficient (Wildman–Crippen LogP) is 0.687. The van der Waals surface area contributed by atoms with E-state index >= 15 is 0 Å². The molecule has 0 saturated heterocycles. The Morgan fingerprint density at radius 3 is 3.00 bits per heavy atom. The summed E-state index contributed by atoms with van der Waals surface area (Å²) in [6.07, 6.45) is 3.32. The number of para-hydroxylation sites is 2. The van der Waals surface area contributed by atoms with E-state index in [1.165, 1.54) is 0 Å². The number of rotatable bonds is 5. The lowest BCUT2D eigenvalue weighted by Crippen LogP contribution is -2.28. The van der Waals surface area contributed by atoms with Crippen LogP contribution >= 0.6 is 0 Å². The van der Waals surface area contributed by atoms with E-state index in [1.807, 2.05) is 0 Å². The van der Waals surface area contributed by atoms with Crippen LogP contribution in [0.2, 0.25) is 0 Å². The SMILES string of the molecule is Nc1ccccc1OCC(=O)NCc1ncc[nH]1. The molecule has 0 aliphatic rings. The number of benzene rings is 1. The summed E-state index contributed by atoms with van der Waals surface area (Å²) >= 11 is 0. The first-order valence-electron chi connectivity index (χ1n) is 5.48. The molecule has 0 radical (unpaired) electrons. The van der Waals surface area contributed by atoms with E-state index < -0.39 is 0 Å². The van der Waals surface area contributed by atoms with Gasteiger partial charge < -0.3 is 20.8 Å². The molecule has 0 atom stereocenters. The van der Waals surface area contributed by atoms with Gasteiger partial charge in [0.05, 0.1) is 12.2 Å². The molecule has 0 aliphatic heterocycles. The van der Waals surface area contributed by atoms with Crippen molar-refractivity contribution in [3.05, 3.63) is 42.5 Å². The number of anilines is 1. The number of hydrogen-bond acceptors (Lipinski definition) is 4. The van der Waals surface area contributed by atoms with Gasteiger partial charge in [0.1, 0.15) is 11.6 Å². The van der Waals surface area contributed by atoms with E-state index in [0.717, 1.165) is 0 Å². The molecule has 2 aromatic rings. The largest absolute Gasteiger partial charge is 0.482 e. The molecule has 0 bridgehead atoms. The van der Waals surface area contributed by atoms with E-state index in [1.54, 1.807) is 36.7 Å². The second kappa shape index (κ2) is 5.72.